The maximum absolute atomic E-state index is 11.1. The highest BCUT2D eigenvalue weighted by Gasteiger charge is 2.04. The van der Waals surface area contributed by atoms with Crippen molar-refractivity contribution >= 4 is 17.6 Å². The number of carbonyl (C=O) groups is 1. The summed E-state index contributed by atoms with van der Waals surface area (Å²) in [6, 6.07) is 8.22. The second kappa shape index (κ2) is 9.78. The van der Waals surface area contributed by atoms with Gasteiger partial charge in [-0.1, -0.05) is 30.2 Å². The third-order valence-electron chi connectivity index (χ3n) is 3.18. The van der Waals surface area contributed by atoms with E-state index in [4.69, 9.17) is 16.3 Å². The molecule has 0 aromatic heterocycles. The average Bonchev–Trinajstić information content (AvgIpc) is 2.43. The lowest BCUT2D eigenvalue weighted by atomic mass is 10.1. The van der Waals surface area contributed by atoms with Crippen LogP contribution >= 0.6 is 11.6 Å². The Morgan fingerprint density at radius 1 is 1.25 bits per heavy atom. The van der Waals surface area contributed by atoms with Gasteiger partial charge in [-0.15, -0.1) is 0 Å². The van der Waals surface area contributed by atoms with Crippen LogP contribution < -0.4 is 5.32 Å². The molecule has 0 heterocycles. The predicted molar refractivity (Wildman–Crippen MR) is 83.0 cm³/mol. The van der Waals surface area contributed by atoms with Gasteiger partial charge in [0.2, 0.25) is 0 Å². The van der Waals surface area contributed by atoms with Gasteiger partial charge >= 0.3 is 5.97 Å². The Bertz CT molecular complexity index is 392. The first-order valence-electron chi connectivity index (χ1n) is 7.28. The third kappa shape index (κ3) is 6.92. The molecule has 20 heavy (non-hydrogen) atoms. The summed E-state index contributed by atoms with van der Waals surface area (Å²) in [7, 11) is 0. The molecule has 0 spiro atoms. The molecule has 0 amide bonds. The standard InChI is InChI=1S/C16H24ClNO2/c1-3-20-16(19)7-5-4-6-12-18-13(2)14-8-10-15(17)11-9-14/h8-11,13,18H,3-7,12H2,1-2H3/t13-/m0/s1. The Morgan fingerprint density at radius 3 is 2.60 bits per heavy atom. The van der Waals surface area contributed by atoms with E-state index in [1.807, 2.05) is 31.2 Å². The Kier molecular flexibility index (Phi) is 8.31. The topological polar surface area (TPSA) is 38.3 Å². The van der Waals surface area contributed by atoms with E-state index >= 15 is 0 Å². The zero-order valence-electron chi connectivity index (χ0n) is 12.3. The van der Waals surface area contributed by atoms with E-state index in [1.54, 1.807) is 0 Å². The second-order valence-corrected chi connectivity index (χ2v) is 5.28. The van der Waals surface area contributed by atoms with E-state index in [0.717, 1.165) is 30.8 Å². The van der Waals surface area contributed by atoms with E-state index in [-0.39, 0.29) is 5.97 Å². The number of benzene rings is 1. The van der Waals surface area contributed by atoms with Gasteiger partial charge in [-0.05, 0) is 50.9 Å². The number of halogens is 1. The van der Waals surface area contributed by atoms with Crippen LogP contribution in [0.15, 0.2) is 24.3 Å². The molecule has 0 aliphatic carbocycles. The second-order valence-electron chi connectivity index (χ2n) is 4.84. The molecule has 112 valence electrons. The number of esters is 1. The minimum absolute atomic E-state index is 0.0880. The molecular formula is C16H24ClNO2. The van der Waals surface area contributed by atoms with Gasteiger partial charge in [0.1, 0.15) is 0 Å². The fourth-order valence-electron chi connectivity index (χ4n) is 1.99. The van der Waals surface area contributed by atoms with Crippen LogP contribution in [0.2, 0.25) is 5.02 Å². The molecule has 0 aliphatic rings. The van der Waals surface area contributed by atoms with E-state index in [9.17, 15) is 4.79 Å². The van der Waals surface area contributed by atoms with E-state index in [1.165, 1.54) is 5.56 Å². The largest absolute Gasteiger partial charge is 0.466 e. The summed E-state index contributed by atoms with van der Waals surface area (Å²) >= 11 is 5.87. The van der Waals surface area contributed by atoms with Crippen molar-refractivity contribution in [1.29, 1.82) is 0 Å². The molecule has 1 aromatic carbocycles. The number of carbonyl (C=O) groups excluding carboxylic acids is 1. The lowest BCUT2D eigenvalue weighted by Gasteiger charge is -2.14. The Morgan fingerprint density at radius 2 is 1.95 bits per heavy atom. The molecule has 1 aromatic rings. The first kappa shape index (κ1) is 17.0. The van der Waals surface area contributed by atoms with Crippen LogP contribution in [0.3, 0.4) is 0 Å². The van der Waals surface area contributed by atoms with Crippen LogP contribution in [-0.4, -0.2) is 19.1 Å². The summed E-state index contributed by atoms with van der Waals surface area (Å²) < 4.78 is 4.89. The minimum atomic E-state index is -0.0880. The highest BCUT2D eigenvalue weighted by molar-refractivity contribution is 6.30. The van der Waals surface area contributed by atoms with Crippen molar-refractivity contribution in [3.8, 4) is 0 Å². The molecule has 0 aliphatic heterocycles. The summed E-state index contributed by atoms with van der Waals surface area (Å²) in [6.07, 6.45) is 3.53. The summed E-state index contributed by atoms with van der Waals surface area (Å²) in [5.41, 5.74) is 1.24. The first-order chi connectivity index (χ1) is 9.63. The average molecular weight is 298 g/mol. The number of ether oxygens (including phenoxy) is 1. The van der Waals surface area contributed by atoms with Crippen LogP contribution in [0.1, 0.15) is 51.1 Å². The highest BCUT2D eigenvalue weighted by Crippen LogP contribution is 2.16. The molecule has 4 heteroatoms. The van der Waals surface area contributed by atoms with Crippen LogP contribution in [0.4, 0.5) is 0 Å². The monoisotopic (exact) mass is 297 g/mol. The molecule has 0 saturated carbocycles. The van der Waals surface area contributed by atoms with E-state index < -0.39 is 0 Å². The molecular weight excluding hydrogens is 274 g/mol. The summed E-state index contributed by atoms with van der Waals surface area (Å²) in [5, 5.41) is 4.24. The van der Waals surface area contributed by atoms with Gasteiger partial charge in [0, 0.05) is 17.5 Å². The van der Waals surface area contributed by atoms with E-state index in [2.05, 4.69) is 12.2 Å². The third-order valence-corrected chi connectivity index (χ3v) is 3.44. The molecule has 0 unspecified atom stereocenters. The minimum Gasteiger partial charge on any atom is -0.466 e. The van der Waals surface area contributed by atoms with Gasteiger partial charge in [0.15, 0.2) is 0 Å². The molecule has 1 N–H and O–H groups in total. The molecule has 0 saturated heterocycles. The first-order valence-corrected chi connectivity index (χ1v) is 7.65. The van der Waals surface area contributed by atoms with Gasteiger partial charge in [-0.3, -0.25) is 4.79 Å². The summed E-state index contributed by atoms with van der Waals surface area (Å²) in [5.74, 6) is -0.0880. The Balaban J connectivity index is 2.09. The van der Waals surface area contributed by atoms with Crippen molar-refractivity contribution in [1.82, 2.24) is 5.32 Å². The molecule has 3 nitrogen and oxygen atoms in total. The van der Waals surface area contributed by atoms with Crippen LogP contribution in [0.5, 0.6) is 0 Å². The lowest BCUT2D eigenvalue weighted by molar-refractivity contribution is -0.143. The SMILES string of the molecule is CCOC(=O)CCCCCN[C@@H](C)c1ccc(Cl)cc1. The van der Waals surface area contributed by atoms with Crippen LogP contribution in [0, 0.1) is 0 Å². The summed E-state index contributed by atoms with van der Waals surface area (Å²) in [6.45, 7) is 5.40. The number of nitrogens with one attached hydrogen (secondary N) is 1. The van der Waals surface area contributed by atoms with Gasteiger partial charge in [0.05, 0.1) is 6.61 Å². The maximum atomic E-state index is 11.1. The highest BCUT2D eigenvalue weighted by atomic mass is 35.5. The van der Waals surface area contributed by atoms with Gasteiger partial charge < -0.3 is 10.1 Å². The van der Waals surface area contributed by atoms with Crippen LogP contribution in [0.25, 0.3) is 0 Å². The van der Waals surface area contributed by atoms with Crippen molar-refractivity contribution in [3.05, 3.63) is 34.9 Å². The number of unbranched alkanes of at least 4 members (excludes halogenated alkanes) is 2. The normalized spacial score (nSPS) is 12.2. The molecule has 1 atom stereocenters. The van der Waals surface area contributed by atoms with E-state index in [0.29, 0.717) is 19.1 Å². The number of hydrogen-bond acceptors (Lipinski definition) is 3. The van der Waals surface area contributed by atoms with Gasteiger partial charge in [0.25, 0.3) is 0 Å². The Labute approximate surface area is 126 Å². The van der Waals surface area contributed by atoms with Gasteiger partial charge in [-0.25, -0.2) is 0 Å². The molecule has 0 bridgehead atoms. The number of rotatable bonds is 9. The quantitative estimate of drug-likeness (QED) is 0.550. The predicted octanol–water partition coefficient (Wildman–Crippen LogP) is 4.11. The molecule has 0 fully saturated rings. The fourth-order valence-corrected chi connectivity index (χ4v) is 2.12. The summed E-state index contributed by atoms with van der Waals surface area (Å²) in [4.78, 5) is 11.1. The zero-order chi connectivity index (χ0) is 14.8. The number of hydrogen-bond donors (Lipinski definition) is 1. The Hall–Kier alpha value is -1.06. The van der Waals surface area contributed by atoms with Crippen molar-refractivity contribution in [2.45, 2.75) is 45.6 Å². The van der Waals surface area contributed by atoms with Gasteiger partial charge in [-0.2, -0.15) is 0 Å². The van der Waals surface area contributed by atoms with Crippen LogP contribution in [-0.2, 0) is 9.53 Å². The van der Waals surface area contributed by atoms with Crippen molar-refractivity contribution in [2.75, 3.05) is 13.2 Å². The maximum Gasteiger partial charge on any atom is 0.305 e. The van der Waals surface area contributed by atoms with Crippen molar-refractivity contribution in [3.63, 3.8) is 0 Å². The van der Waals surface area contributed by atoms with Crippen molar-refractivity contribution in [2.24, 2.45) is 0 Å². The zero-order valence-corrected chi connectivity index (χ0v) is 13.1. The molecule has 1 rings (SSSR count). The molecule has 0 radical (unpaired) electrons. The lowest BCUT2D eigenvalue weighted by Crippen LogP contribution is -2.19. The smallest absolute Gasteiger partial charge is 0.305 e. The van der Waals surface area contributed by atoms with Crippen molar-refractivity contribution < 1.29 is 9.53 Å². The fraction of sp³-hybridized carbons (Fsp3) is 0.562.